The third kappa shape index (κ3) is 2.69. The minimum atomic E-state index is -0.0996. The molecule has 0 spiro atoms. The van der Waals surface area contributed by atoms with Crippen molar-refractivity contribution in [3.05, 3.63) is 47.9 Å². The number of nitrogens with one attached hydrogen (secondary N) is 2. The number of carbonyl (C=O) groups excluding carboxylic acids is 2. The van der Waals surface area contributed by atoms with Gasteiger partial charge in [0.05, 0.1) is 17.9 Å². The average molecular weight is 325 g/mol. The van der Waals surface area contributed by atoms with Crippen LogP contribution in [0.2, 0.25) is 0 Å². The Hall–Kier alpha value is -2.60. The Morgan fingerprint density at radius 2 is 2.21 bits per heavy atom. The van der Waals surface area contributed by atoms with Crippen LogP contribution in [0.1, 0.15) is 28.8 Å². The largest absolute Gasteiger partial charge is 0.472 e. The molecule has 6 nitrogen and oxygen atoms in total. The van der Waals surface area contributed by atoms with Gasteiger partial charge in [-0.15, -0.1) is 0 Å². The summed E-state index contributed by atoms with van der Waals surface area (Å²) in [7, 11) is 0. The van der Waals surface area contributed by atoms with Crippen molar-refractivity contribution in [3.8, 4) is 0 Å². The number of hydrogen-bond acceptors (Lipinski definition) is 4. The smallest absolute Gasteiger partial charge is 0.261 e. The summed E-state index contributed by atoms with van der Waals surface area (Å²) in [5.41, 5.74) is 3.31. The molecule has 1 fully saturated rings. The number of furan rings is 1. The molecule has 1 aromatic carbocycles. The lowest BCUT2D eigenvalue weighted by Gasteiger charge is -2.17. The van der Waals surface area contributed by atoms with E-state index in [-0.39, 0.29) is 17.9 Å². The highest BCUT2D eigenvalue weighted by Crippen LogP contribution is 2.31. The van der Waals surface area contributed by atoms with Crippen molar-refractivity contribution in [2.45, 2.75) is 25.3 Å². The summed E-state index contributed by atoms with van der Waals surface area (Å²) >= 11 is 0. The molecule has 2 aliphatic heterocycles. The lowest BCUT2D eigenvalue weighted by atomic mass is 10.1. The van der Waals surface area contributed by atoms with Crippen LogP contribution in [0.25, 0.3) is 0 Å². The summed E-state index contributed by atoms with van der Waals surface area (Å²) in [5, 5.41) is 6.16. The molecule has 0 bridgehead atoms. The Kier molecular flexibility index (Phi) is 3.82. The Morgan fingerprint density at radius 3 is 2.96 bits per heavy atom. The first-order valence-electron chi connectivity index (χ1n) is 8.23. The fraction of sp³-hybridized carbons (Fsp3) is 0.333. The fourth-order valence-corrected chi connectivity index (χ4v) is 3.37. The van der Waals surface area contributed by atoms with E-state index in [0.29, 0.717) is 12.1 Å². The molecular formula is C18H19N3O3. The molecule has 124 valence electrons. The second-order valence-corrected chi connectivity index (χ2v) is 6.20. The lowest BCUT2D eigenvalue weighted by molar-refractivity contribution is -0.117. The Labute approximate surface area is 139 Å². The molecule has 6 heteroatoms. The monoisotopic (exact) mass is 325 g/mol. The zero-order valence-electron chi connectivity index (χ0n) is 13.2. The maximum Gasteiger partial charge on any atom is 0.261 e. The predicted molar refractivity (Wildman–Crippen MR) is 90.2 cm³/mol. The first-order chi connectivity index (χ1) is 11.7. The summed E-state index contributed by atoms with van der Waals surface area (Å²) in [5.74, 6) is -0.0498. The van der Waals surface area contributed by atoms with Gasteiger partial charge in [-0.3, -0.25) is 9.59 Å². The quantitative estimate of drug-likeness (QED) is 0.907. The van der Waals surface area contributed by atoms with E-state index in [1.807, 2.05) is 18.2 Å². The summed E-state index contributed by atoms with van der Waals surface area (Å²) in [4.78, 5) is 26.4. The molecule has 2 amide bonds. The number of fused-ring (bicyclic) bond motifs is 1. The second kappa shape index (κ2) is 6.13. The van der Waals surface area contributed by atoms with Gasteiger partial charge in [-0.1, -0.05) is 0 Å². The Morgan fingerprint density at radius 1 is 1.29 bits per heavy atom. The van der Waals surface area contributed by atoms with Crippen LogP contribution in [0.5, 0.6) is 0 Å². The zero-order chi connectivity index (χ0) is 16.5. The van der Waals surface area contributed by atoms with Crippen LogP contribution < -0.4 is 15.5 Å². The van der Waals surface area contributed by atoms with Gasteiger partial charge < -0.3 is 20.0 Å². The zero-order valence-corrected chi connectivity index (χ0v) is 13.2. The van der Waals surface area contributed by atoms with Gasteiger partial charge in [0.1, 0.15) is 6.26 Å². The van der Waals surface area contributed by atoms with Crippen LogP contribution >= 0.6 is 0 Å². The van der Waals surface area contributed by atoms with Gasteiger partial charge in [0.25, 0.3) is 5.91 Å². The van der Waals surface area contributed by atoms with E-state index < -0.39 is 0 Å². The lowest BCUT2D eigenvalue weighted by Crippen LogP contribution is -2.35. The fourth-order valence-electron chi connectivity index (χ4n) is 3.37. The van der Waals surface area contributed by atoms with Crippen LogP contribution in [0.4, 0.5) is 11.4 Å². The first kappa shape index (κ1) is 15.0. The topological polar surface area (TPSA) is 74.6 Å². The summed E-state index contributed by atoms with van der Waals surface area (Å²) in [6.45, 7) is 1.54. The number of rotatable bonds is 3. The van der Waals surface area contributed by atoms with Crippen molar-refractivity contribution in [1.82, 2.24) is 5.32 Å². The van der Waals surface area contributed by atoms with Crippen molar-refractivity contribution in [2.75, 3.05) is 23.3 Å². The number of carbonyl (C=O) groups is 2. The van der Waals surface area contributed by atoms with Crippen molar-refractivity contribution < 1.29 is 14.0 Å². The molecule has 0 radical (unpaired) electrons. The van der Waals surface area contributed by atoms with Gasteiger partial charge in [-0.05, 0) is 55.6 Å². The van der Waals surface area contributed by atoms with E-state index in [4.69, 9.17) is 4.42 Å². The minimum absolute atomic E-state index is 0.0109. The van der Waals surface area contributed by atoms with E-state index in [9.17, 15) is 9.59 Å². The van der Waals surface area contributed by atoms with E-state index >= 15 is 0 Å². The molecule has 1 atom stereocenters. The summed E-state index contributed by atoms with van der Waals surface area (Å²) < 4.78 is 4.99. The third-order valence-electron chi connectivity index (χ3n) is 4.63. The van der Waals surface area contributed by atoms with Crippen molar-refractivity contribution >= 4 is 23.2 Å². The highest BCUT2D eigenvalue weighted by atomic mass is 16.3. The molecule has 1 saturated heterocycles. The second-order valence-electron chi connectivity index (χ2n) is 6.20. The molecule has 0 unspecified atom stereocenters. The normalized spacial score (nSPS) is 19.3. The number of hydrogen-bond donors (Lipinski definition) is 2. The van der Waals surface area contributed by atoms with Crippen molar-refractivity contribution in [3.63, 3.8) is 0 Å². The van der Waals surface area contributed by atoms with Gasteiger partial charge in [0, 0.05) is 17.9 Å². The van der Waals surface area contributed by atoms with Crippen LogP contribution in [0.3, 0.4) is 0 Å². The van der Waals surface area contributed by atoms with Crippen LogP contribution in [0, 0.1) is 0 Å². The van der Waals surface area contributed by atoms with Crippen LogP contribution in [0.15, 0.2) is 41.2 Å². The van der Waals surface area contributed by atoms with Crippen molar-refractivity contribution in [2.24, 2.45) is 0 Å². The molecule has 3 heterocycles. The molecular weight excluding hydrogens is 306 g/mol. The van der Waals surface area contributed by atoms with Crippen LogP contribution in [-0.4, -0.2) is 30.9 Å². The van der Waals surface area contributed by atoms with E-state index in [1.165, 1.54) is 12.5 Å². The van der Waals surface area contributed by atoms with E-state index in [1.54, 1.807) is 11.0 Å². The molecule has 24 heavy (non-hydrogen) atoms. The highest BCUT2D eigenvalue weighted by Gasteiger charge is 2.27. The molecule has 2 aromatic rings. The molecule has 2 aliphatic rings. The number of nitrogens with zero attached hydrogens (tertiary/aromatic N) is 1. The van der Waals surface area contributed by atoms with E-state index in [0.717, 1.165) is 42.7 Å². The van der Waals surface area contributed by atoms with Gasteiger partial charge in [0.2, 0.25) is 5.91 Å². The Bertz CT molecular complexity index is 764. The van der Waals surface area contributed by atoms with Gasteiger partial charge in [-0.2, -0.15) is 0 Å². The van der Waals surface area contributed by atoms with E-state index in [2.05, 4.69) is 10.6 Å². The SMILES string of the molecule is O=C(Nc1ccc2c(c1)CCN2C(=O)c1ccoc1)[C@H]1CCCN1. The Balaban J connectivity index is 1.50. The number of amides is 2. The molecule has 0 aliphatic carbocycles. The molecule has 4 rings (SSSR count). The third-order valence-corrected chi connectivity index (χ3v) is 4.63. The van der Waals surface area contributed by atoms with Crippen LogP contribution in [-0.2, 0) is 11.2 Å². The molecule has 2 N–H and O–H groups in total. The van der Waals surface area contributed by atoms with Gasteiger partial charge >= 0.3 is 0 Å². The standard InChI is InChI=1S/C18H19N3O3/c22-17(15-2-1-7-19-15)20-14-3-4-16-12(10-14)5-8-21(16)18(23)13-6-9-24-11-13/h3-4,6,9-11,15,19H,1-2,5,7-8H2,(H,20,22)/t15-/m1/s1. The molecule has 0 saturated carbocycles. The average Bonchev–Trinajstić information content (AvgIpc) is 3.33. The van der Waals surface area contributed by atoms with Gasteiger partial charge in [-0.25, -0.2) is 0 Å². The summed E-state index contributed by atoms with van der Waals surface area (Å²) in [6, 6.07) is 7.29. The summed E-state index contributed by atoms with van der Waals surface area (Å²) in [6.07, 6.45) is 5.66. The number of benzene rings is 1. The van der Waals surface area contributed by atoms with Crippen molar-refractivity contribution in [1.29, 1.82) is 0 Å². The minimum Gasteiger partial charge on any atom is -0.472 e. The maximum absolute atomic E-state index is 12.5. The highest BCUT2D eigenvalue weighted by molar-refractivity contribution is 6.07. The van der Waals surface area contributed by atoms with Gasteiger partial charge in [0.15, 0.2) is 0 Å². The maximum atomic E-state index is 12.5. The predicted octanol–water partition coefficient (Wildman–Crippen LogP) is 2.17. The molecule has 1 aromatic heterocycles. The first-order valence-corrected chi connectivity index (χ1v) is 8.23. The number of anilines is 2.